The van der Waals surface area contributed by atoms with Gasteiger partial charge in [-0.3, -0.25) is 0 Å². The fourth-order valence-corrected chi connectivity index (χ4v) is 1.68. The molecule has 0 radical (unpaired) electrons. The van der Waals surface area contributed by atoms with Gasteiger partial charge in [-0.05, 0) is 25.6 Å². The van der Waals surface area contributed by atoms with Gasteiger partial charge in [-0.1, -0.05) is 13.0 Å². The molecule has 0 amide bonds. The number of anilines is 1. The first kappa shape index (κ1) is 14.8. The van der Waals surface area contributed by atoms with Gasteiger partial charge in [0, 0.05) is 13.1 Å². The lowest BCUT2D eigenvalue weighted by atomic mass is 10.3. The number of aromatic nitrogens is 1. The number of rotatable bonds is 6. The third-order valence-electron chi connectivity index (χ3n) is 2.34. The molecule has 0 spiro atoms. The molecule has 1 aromatic heterocycles. The molecule has 102 valence electrons. The highest BCUT2D eigenvalue weighted by Gasteiger charge is 2.31. The maximum absolute atomic E-state index is 12.5. The molecule has 0 saturated heterocycles. The average molecular weight is 261 g/mol. The second-order valence-corrected chi connectivity index (χ2v) is 4.05. The van der Waals surface area contributed by atoms with Crippen molar-refractivity contribution >= 4 is 5.82 Å². The van der Waals surface area contributed by atoms with E-state index in [4.69, 9.17) is 0 Å². The van der Waals surface area contributed by atoms with Gasteiger partial charge in [0.1, 0.15) is 12.4 Å². The topological polar surface area (TPSA) is 28.2 Å². The van der Waals surface area contributed by atoms with E-state index in [0.29, 0.717) is 25.3 Å². The third kappa shape index (κ3) is 4.91. The lowest BCUT2D eigenvalue weighted by Gasteiger charge is -2.24. The second-order valence-electron chi connectivity index (χ2n) is 4.05. The zero-order valence-corrected chi connectivity index (χ0v) is 10.6. The van der Waals surface area contributed by atoms with E-state index in [1.54, 1.807) is 25.2 Å². The number of pyridine rings is 1. The Kier molecular flexibility index (Phi) is 5.40. The van der Waals surface area contributed by atoms with Crippen molar-refractivity contribution in [2.75, 3.05) is 25.0 Å². The first-order valence-corrected chi connectivity index (χ1v) is 5.88. The van der Waals surface area contributed by atoms with Crippen molar-refractivity contribution < 1.29 is 13.2 Å². The van der Waals surface area contributed by atoms with Crippen LogP contribution in [-0.2, 0) is 6.54 Å². The Hall–Kier alpha value is -1.30. The lowest BCUT2D eigenvalue weighted by Crippen LogP contribution is -2.35. The van der Waals surface area contributed by atoms with Crippen molar-refractivity contribution in [3.05, 3.63) is 23.9 Å². The standard InChI is InChI=1S/C12H18F3N3/c1-3-7-18(9-12(13,14)15)11-6-4-5-10(17-11)8-16-2/h4-6,16H,3,7-9H2,1-2H3. The van der Waals surface area contributed by atoms with E-state index in [0.717, 1.165) is 5.69 Å². The van der Waals surface area contributed by atoms with Crippen LogP contribution in [0.15, 0.2) is 18.2 Å². The normalized spacial score (nSPS) is 11.6. The Morgan fingerprint density at radius 2 is 2.06 bits per heavy atom. The first-order valence-electron chi connectivity index (χ1n) is 5.88. The summed E-state index contributed by atoms with van der Waals surface area (Å²) in [6.07, 6.45) is -3.57. The molecule has 0 fully saturated rings. The molecule has 0 aliphatic heterocycles. The van der Waals surface area contributed by atoms with Crippen LogP contribution in [0, 0.1) is 0 Å². The lowest BCUT2D eigenvalue weighted by molar-refractivity contribution is -0.119. The van der Waals surface area contributed by atoms with E-state index in [2.05, 4.69) is 10.3 Å². The summed E-state index contributed by atoms with van der Waals surface area (Å²) in [6, 6.07) is 5.13. The first-order chi connectivity index (χ1) is 8.46. The SMILES string of the molecule is CCCN(CC(F)(F)F)c1cccc(CNC)n1. The number of hydrogen-bond acceptors (Lipinski definition) is 3. The van der Waals surface area contributed by atoms with Crippen molar-refractivity contribution in [1.82, 2.24) is 10.3 Å². The summed E-state index contributed by atoms with van der Waals surface area (Å²) in [4.78, 5) is 5.49. The number of alkyl halides is 3. The van der Waals surface area contributed by atoms with Gasteiger partial charge in [0.2, 0.25) is 0 Å². The predicted molar refractivity (Wildman–Crippen MR) is 65.6 cm³/mol. The summed E-state index contributed by atoms with van der Waals surface area (Å²) in [5.41, 5.74) is 0.735. The van der Waals surface area contributed by atoms with Gasteiger partial charge in [-0.2, -0.15) is 13.2 Å². The van der Waals surface area contributed by atoms with Crippen molar-refractivity contribution in [3.63, 3.8) is 0 Å². The third-order valence-corrected chi connectivity index (χ3v) is 2.34. The average Bonchev–Trinajstić information content (AvgIpc) is 2.28. The van der Waals surface area contributed by atoms with Gasteiger partial charge in [-0.15, -0.1) is 0 Å². The molecule has 1 aromatic rings. The van der Waals surface area contributed by atoms with Gasteiger partial charge in [0.15, 0.2) is 0 Å². The molecule has 18 heavy (non-hydrogen) atoms. The Morgan fingerprint density at radius 3 is 2.61 bits per heavy atom. The van der Waals surface area contributed by atoms with Gasteiger partial charge in [0.05, 0.1) is 5.69 Å². The van der Waals surface area contributed by atoms with Crippen LogP contribution in [0.3, 0.4) is 0 Å². The number of nitrogens with zero attached hydrogens (tertiary/aromatic N) is 2. The van der Waals surface area contributed by atoms with Crippen LogP contribution in [-0.4, -0.2) is 31.3 Å². The minimum Gasteiger partial charge on any atom is -0.348 e. The second kappa shape index (κ2) is 6.58. The van der Waals surface area contributed by atoms with Crippen LogP contribution in [0.5, 0.6) is 0 Å². The number of hydrogen-bond donors (Lipinski definition) is 1. The van der Waals surface area contributed by atoms with Gasteiger partial charge in [0.25, 0.3) is 0 Å². The van der Waals surface area contributed by atoms with Crippen molar-refractivity contribution in [3.8, 4) is 0 Å². The van der Waals surface area contributed by atoms with E-state index in [9.17, 15) is 13.2 Å². The summed E-state index contributed by atoms with van der Waals surface area (Å²) in [6.45, 7) is 1.77. The van der Waals surface area contributed by atoms with Crippen LogP contribution in [0.2, 0.25) is 0 Å². The summed E-state index contributed by atoms with van der Waals surface area (Å²) in [5, 5.41) is 2.93. The monoisotopic (exact) mass is 261 g/mol. The zero-order chi connectivity index (χ0) is 13.6. The molecule has 6 heteroatoms. The molecule has 0 aliphatic rings. The highest BCUT2D eigenvalue weighted by Crippen LogP contribution is 2.21. The largest absolute Gasteiger partial charge is 0.405 e. The fraction of sp³-hybridized carbons (Fsp3) is 0.583. The minimum atomic E-state index is -4.21. The van der Waals surface area contributed by atoms with Crippen LogP contribution in [0.4, 0.5) is 19.0 Å². The van der Waals surface area contributed by atoms with Crippen LogP contribution in [0.25, 0.3) is 0 Å². The number of nitrogens with one attached hydrogen (secondary N) is 1. The highest BCUT2D eigenvalue weighted by molar-refractivity contribution is 5.39. The summed E-state index contributed by atoms with van der Waals surface area (Å²) in [7, 11) is 1.77. The summed E-state index contributed by atoms with van der Waals surface area (Å²) >= 11 is 0. The summed E-state index contributed by atoms with van der Waals surface area (Å²) < 4.78 is 37.4. The molecular weight excluding hydrogens is 243 g/mol. The van der Waals surface area contributed by atoms with Crippen LogP contribution in [0.1, 0.15) is 19.0 Å². The zero-order valence-electron chi connectivity index (χ0n) is 10.6. The van der Waals surface area contributed by atoms with E-state index in [1.807, 2.05) is 6.92 Å². The molecule has 0 saturated carbocycles. The summed E-state index contributed by atoms with van der Waals surface area (Å²) in [5.74, 6) is 0.377. The Labute approximate surface area is 105 Å². The molecule has 0 bridgehead atoms. The Balaban J connectivity index is 2.87. The molecule has 1 rings (SSSR count). The van der Waals surface area contributed by atoms with Crippen molar-refractivity contribution in [2.24, 2.45) is 0 Å². The quantitative estimate of drug-likeness (QED) is 0.853. The highest BCUT2D eigenvalue weighted by atomic mass is 19.4. The van der Waals surface area contributed by atoms with Crippen LogP contribution >= 0.6 is 0 Å². The molecule has 1 N–H and O–H groups in total. The molecule has 1 heterocycles. The number of halogens is 3. The maximum Gasteiger partial charge on any atom is 0.405 e. The van der Waals surface area contributed by atoms with Gasteiger partial charge < -0.3 is 10.2 Å². The van der Waals surface area contributed by atoms with Gasteiger partial charge >= 0.3 is 6.18 Å². The van der Waals surface area contributed by atoms with Crippen LogP contribution < -0.4 is 10.2 Å². The smallest absolute Gasteiger partial charge is 0.348 e. The maximum atomic E-state index is 12.5. The molecule has 0 unspecified atom stereocenters. The Morgan fingerprint density at radius 1 is 1.33 bits per heavy atom. The van der Waals surface area contributed by atoms with Crippen molar-refractivity contribution in [1.29, 1.82) is 0 Å². The predicted octanol–water partition coefficient (Wildman–Crippen LogP) is 2.58. The molecule has 0 atom stereocenters. The van der Waals surface area contributed by atoms with Gasteiger partial charge in [-0.25, -0.2) is 4.98 Å². The minimum absolute atomic E-state index is 0.343. The van der Waals surface area contributed by atoms with E-state index < -0.39 is 12.7 Å². The molecule has 3 nitrogen and oxygen atoms in total. The molecule has 0 aliphatic carbocycles. The van der Waals surface area contributed by atoms with E-state index in [1.165, 1.54) is 4.90 Å². The van der Waals surface area contributed by atoms with Crippen molar-refractivity contribution in [2.45, 2.75) is 26.1 Å². The Bertz CT molecular complexity index is 366. The molecule has 0 aromatic carbocycles. The molecular formula is C12H18F3N3. The van der Waals surface area contributed by atoms with E-state index in [-0.39, 0.29) is 0 Å². The van der Waals surface area contributed by atoms with E-state index >= 15 is 0 Å². The fourth-order valence-electron chi connectivity index (χ4n) is 1.68.